The van der Waals surface area contributed by atoms with Gasteiger partial charge in [0.15, 0.2) is 0 Å². The molecule has 0 saturated carbocycles. The van der Waals surface area contributed by atoms with Gasteiger partial charge < -0.3 is 19.7 Å². The quantitative estimate of drug-likeness (QED) is 0.193. The Morgan fingerprint density at radius 2 is 1.93 bits per heavy atom. The van der Waals surface area contributed by atoms with Crippen molar-refractivity contribution in [3.05, 3.63) is 71.4 Å². The maximum atomic E-state index is 16.0. The van der Waals surface area contributed by atoms with Gasteiger partial charge in [0.05, 0.1) is 37.5 Å². The fourth-order valence-electron chi connectivity index (χ4n) is 5.98. The van der Waals surface area contributed by atoms with Crippen LogP contribution < -0.4 is 10.1 Å². The number of ether oxygens (including phenoxy) is 2. The third-order valence-corrected chi connectivity index (χ3v) is 9.08. The number of nitrogens with zero attached hydrogens (tertiary/aromatic N) is 6. The van der Waals surface area contributed by atoms with Crippen LogP contribution in [0.1, 0.15) is 23.1 Å². The Morgan fingerprint density at radius 3 is 2.72 bits per heavy atom. The lowest BCUT2D eigenvalue weighted by molar-refractivity contribution is -0.129. The van der Waals surface area contributed by atoms with Crippen LogP contribution in [-0.4, -0.2) is 74.2 Å². The monoisotopic (exact) mass is 645 g/mol. The first-order valence-corrected chi connectivity index (χ1v) is 15.5. The molecule has 1 aromatic carbocycles. The first kappa shape index (κ1) is 29.7. The number of rotatable bonds is 8. The molecular weight excluding hydrogens is 616 g/mol. The lowest BCUT2D eigenvalue weighted by Gasteiger charge is -2.33. The largest absolute Gasteiger partial charge is 0.490 e. The summed E-state index contributed by atoms with van der Waals surface area (Å²) in [6.07, 6.45) is 1.28. The van der Waals surface area contributed by atoms with E-state index in [2.05, 4.69) is 11.9 Å². The third kappa shape index (κ3) is 5.03. The lowest BCUT2D eigenvalue weighted by atomic mass is 9.97. The minimum absolute atomic E-state index is 0.00507. The fourth-order valence-corrected chi connectivity index (χ4v) is 6.93. The van der Waals surface area contributed by atoms with Gasteiger partial charge in [-0.05, 0) is 36.6 Å². The van der Waals surface area contributed by atoms with E-state index < -0.39 is 11.6 Å². The second-order valence-corrected chi connectivity index (χ2v) is 12.0. The number of benzene rings is 1. The van der Waals surface area contributed by atoms with Crippen molar-refractivity contribution in [2.24, 2.45) is 0 Å². The molecule has 2 aliphatic rings. The van der Waals surface area contributed by atoms with E-state index in [0.29, 0.717) is 70.3 Å². The highest BCUT2D eigenvalue weighted by molar-refractivity contribution is 7.18. The van der Waals surface area contributed by atoms with Gasteiger partial charge in [-0.25, -0.2) is 13.8 Å². The number of hydrogen-bond acceptors (Lipinski definition) is 8. The number of carbonyl (C=O) groups excluding carboxylic acids is 2. The van der Waals surface area contributed by atoms with Crippen LogP contribution in [0.4, 0.5) is 8.78 Å². The molecule has 0 saturated heterocycles. The van der Waals surface area contributed by atoms with Crippen LogP contribution in [0, 0.1) is 11.6 Å². The maximum absolute atomic E-state index is 16.0. The molecule has 46 heavy (non-hydrogen) atoms. The molecular formula is C32H29F2N7O4S. The van der Waals surface area contributed by atoms with Gasteiger partial charge >= 0.3 is 0 Å². The molecule has 1 unspecified atom stereocenters. The Hall–Kier alpha value is -4.95. The molecule has 4 aromatic heterocycles. The summed E-state index contributed by atoms with van der Waals surface area (Å²) < 4.78 is 45.7. The average Bonchev–Trinajstić information content (AvgIpc) is 3.79. The summed E-state index contributed by atoms with van der Waals surface area (Å²) in [7, 11) is 1.51. The summed E-state index contributed by atoms with van der Waals surface area (Å²) in [6, 6.07) is 7.19. The molecule has 14 heteroatoms. The lowest BCUT2D eigenvalue weighted by Crippen LogP contribution is -2.44. The van der Waals surface area contributed by atoms with Crippen molar-refractivity contribution in [1.29, 1.82) is 0 Å². The van der Waals surface area contributed by atoms with Gasteiger partial charge in [-0.3, -0.25) is 19.0 Å². The molecule has 1 atom stereocenters. The van der Waals surface area contributed by atoms with Crippen LogP contribution in [0.25, 0.3) is 44.0 Å². The zero-order valence-corrected chi connectivity index (χ0v) is 25.9. The maximum Gasteiger partial charge on any atom is 0.269 e. The fraction of sp³-hybridized carbons (Fsp3) is 0.281. The van der Waals surface area contributed by atoms with E-state index in [9.17, 15) is 14.0 Å². The molecule has 1 N–H and O–H groups in total. The van der Waals surface area contributed by atoms with Crippen molar-refractivity contribution in [3.63, 3.8) is 0 Å². The van der Waals surface area contributed by atoms with Crippen molar-refractivity contribution >= 4 is 33.2 Å². The summed E-state index contributed by atoms with van der Waals surface area (Å²) in [5, 5.41) is 14.9. The Morgan fingerprint density at radius 1 is 1.13 bits per heavy atom. The van der Waals surface area contributed by atoms with E-state index in [1.165, 1.54) is 24.5 Å². The zero-order chi connectivity index (χ0) is 32.1. The van der Waals surface area contributed by atoms with E-state index in [0.717, 1.165) is 17.8 Å². The van der Waals surface area contributed by atoms with E-state index in [1.54, 1.807) is 15.6 Å². The van der Waals surface area contributed by atoms with E-state index in [4.69, 9.17) is 24.7 Å². The number of nitrogens with one attached hydrogen (secondary N) is 1. The van der Waals surface area contributed by atoms with Crippen molar-refractivity contribution in [2.75, 3.05) is 26.9 Å². The number of halogens is 2. The average molecular weight is 646 g/mol. The number of aromatic nitrogens is 5. The number of pyridine rings is 1. The molecule has 7 rings (SSSR count). The number of methoxy groups -OCH3 is 1. The first-order chi connectivity index (χ1) is 22.3. The molecule has 2 aliphatic heterocycles. The van der Waals surface area contributed by atoms with Crippen LogP contribution in [0.5, 0.6) is 5.75 Å². The predicted octanol–water partition coefficient (Wildman–Crippen LogP) is 4.65. The zero-order valence-electron chi connectivity index (χ0n) is 25.0. The smallest absolute Gasteiger partial charge is 0.269 e. The van der Waals surface area contributed by atoms with Crippen molar-refractivity contribution in [2.45, 2.75) is 32.6 Å². The summed E-state index contributed by atoms with van der Waals surface area (Å²) in [5.74, 6) is -2.05. The summed E-state index contributed by atoms with van der Waals surface area (Å²) in [5.41, 5.74) is 3.28. The van der Waals surface area contributed by atoms with E-state index in [1.807, 2.05) is 29.1 Å². The summed E-state index contributed by atoms with van der Waals surface area (Å²) >= 11 is 1.36. The van der Waals surface area contributed by atoms with Gasteiger partial charge in [0.1, 0.15) is 52.5 Å². The molecule has 5 aromatic rings. The Bertz CT molecular complexity index is 2030. The van der Waals surface area contributed by atoms with Gasteiger partial charge in [-0.15, -0.1) is 11.3 Å². The standard InChI is InChI=1S/C32H29F2N7O4S/c1-4-26(42)39-16-19-13-22(38-41(19)15-17(39)2)30-28(27-21(34)11-18(33)12-25(27)45-9-8-44-3)31-20(5-10-46-31)29(36-30)23-14-24-32(43)35-6-7-40(24)37-23/h4-5,10-14,17H,1,6-9,15-16H2,2-3H3,(H,35,43). The number of fused-ring (bicyclic) bond motifs is 3. The highest BCUT2D eigenvalue weighted by Crippen LogP contribution is 2.47. The minimum Gasteiger partial charge on any atom is -0.490 e. The molecule has 0 aliphatic carbocycles. The van der Waals surface area contributed by atoms with Crippen LogP contribution in [-0.2, 0) is 29.2 Å². The SMILES string of the molecule is C=CC(=O)N1Cc2cc(-c3nc(-c4cc5n(n4)CCNC5=O)c4ccsc4c3-c3c(F)cc(F)cc3OCCOC)nn2CC1C. The predicted molar refractivity (Wildman–Crippen MR) is 167 cm³/mol. The third-order valence-electron chi connectivity index (χ3n) is 8.15. The molecule has 11 nitrogen and oxygen atoms in total. The van der Waals surface area contributed by atoms with Crippen molar-refractivity contribution in [3.8, 4) is 39.7 Å². The highest BCUT2D eigenvalue weighted by atomic mass is 32.1. The van der Waals surface area contributed by atoms with Crippen LogP contribution in [0.15, 0.2) is 48.4 Å². The normalized spacial score (nSPS) is 15.9. The number of amides is 2. The first-order valence-electron chi connectivity index (χ1n) is 14.7. The van der Waals surface area contributed by atoms with Crippen molar-refractivity contribution < 1.29 is 27.8 Å². The van der Waals surface area contributed by atoms with Gasteiger partial charge in [-0.2, -0.15) is 10.2 Å². The van der Waals surface area contributed by atoms with E-state index in [-0.39, 0.29) is 42.4 Å². The van der Waals surface area contributed by atoms with Crippen LogP contribution in [0.3, 0.4) is 0 Å². The molecule has 0 fully saturated rings. The Balaban J connectivity index is 1.48. The van der Waals surface area contributed by atoms with Gasteiger partial charge in [0, 0.05) is 47.5 Å². The molecule has 0 spiro atoms. The molecule has 2 amide bonds. The number of hydrogen-bond donors (Lipinski definition) is 1. The summed E-state index contributed by atoms with van der Waals surface area (Å²) in [6.45, 7) is 7.51. The second-order valence-electron chi connectivity index (χ2n) is 11.1. The number of carbonyl (C=O) groups is 2. The van der Waals surface area contributed by atoms with Gasteiger partial charge in [-0.1, -0.05) is 6.58 Å². The minimum atomic E-state index is -0.826. The molecule has 0 bridgehead atoms. The molecule has 6 heterocycles. The summed E-state index contributed by atoms with van der Waals surface area (Å²) in [4.78, 5) is 31.9. The highest BCUT2D eigenvalue weighted by Gasteiger charge is 2.31. The Labute approximate surface area is 266 Å². The van der Waals surface area contributed by atoms with Crippen LogP contribution >= 0.6 is 11.3 Å². The topological polar surface area (TPSA) is 116 Å². The number of thiophene rings is 1. The van der Waals surface area contributed by atoms with Gasteiger partial charge in [0.25, 0.3) is 5.91 Å². The van der Waals surface area contributed by atoms with Crippen molar-refractivity contribution in [1.82, 2.24) is 34.8 Å². The molecule has 236 valence electrons. The van der Waals surface area contributed by atoms with Crippen LogP contribution in [0.2, 0.25) is 0 Å². The second kappa shape index (κ2) is 11.8. The van der Waals surface area contributed by atoms with E-state index >= 15 is 4.39 Å². The molecule has 0 radical (unpaired) electrons. The van der Waals surface area contributed by atoms with Gasteiger partial charge in [0.2, 0.25) is 5.91 Å². The Kier molecular flexibility index (Phi) is 7.61.